The number of thioether (sulfide) groups is 1. The summed E-state index contributed by atoms with van der Waals surface area (Å²) in [6.45, 7) is 0. The van der Waals surface area contributed by atoms with Gasteiger partial charge in [0.05, 0.1) is 28.5 Å². The summed E-state index contributed by atoms with van der Waals surface area (Å²) in [5.41, 5.74) is 1.11. The highest BCUT2D eigenvalue weighted by Gasteiger charge is 2.18. The molecule has 0 atom stereocenters. The van der Waals surface area contributed by atoms with E-state index in [1.54, 1.807) is 24.5 Å². The van der Waals surface area contributed by atoms with E-state index in [4.69, 9.17) is 0 Å². The van der Waals surface area contributed by atoms with Gasteiger partial charge in [-0.25, -0.2) is 4.98 Å². The molecule has 7 heteroatoms. The van der Waals surface area contributed by atoms with Gasteiger partial charge in [-0.2, -0.15) is 0 Å². The molecule has 0 radical (unpaired) electrons. The molecule has 1 aliphatic carbocycles. The Morgan fingerprint density at radius 1 is 1.14 bits per heavy atom. The number of hydrogen-bond donors (Lipinski definition) is 1. The molecule has 0 spiro atoms. The smallest absolute Gasteiger partial charge is 0.266 e. The maximum Gasteiger partial charge on any atom is 0.266 e. The number of benzene rings is 1. The minimum absolute atomic E-state index is 0.0166. The summed E-state index contributed by atoms with van der Waals surface area (Å²) in [5.74, 6) is 0.207. The zero-order valence-electron chi connectivity index (χ0n) is 15.5. The molecule has 1 fully saturated rings. The molecular weight excluding hydrogens is 372 g/mol. The fourth-order valence-corrected chi connectivity index (χ4v) is 4.39. The Labute approximate surface area is 167 Å². The van der Waals surface area contributed by atoms with Gasteiger partial charge in [-0.3, -0.25) is 19.1 Å². The van der Waals surface area contributed by atoms with Gasteiger partial charge < -0.3 is 5.32 Å². The minimum Gasteiger partial charge on any atom is -0.353 e. The van der Waals surface area contributed by atoms with E-state index in [9.17, 15) is 9.59 Å². The second kappa shape index (κ2) is 8.56. The predicted octanol–water partition coefficient (Wildman–Crippen LogP) is 3.32. The fourth-order valence-electron chi connectivity index (χ4n) is 3.57. The molecule has 1 amide bonds. The Balaban J connectivity index is 1.62. The molecule has 6 nitrogen and oxygen atoms in total. The number of nitrogens with one attached hydrogen (secondary N) is 1. The van der Waals surface area contributed by atoms with Crippen LogP contribution in [0.4, 0.5) is 0 Å². The van der Waals surface area contributed by atoms with Crippen molar-refractivity contribution in [1.82, 2.24) is 19.9 Å². The molecule has 2 aromatic heterocycles. The van der Waals surface area contributed by atoms with Gasteiger partial charge in [-0.05, 0) is 37.1 Å². The van der Waals surface area contributed by atoms with Gasteiger partial charge >= 0.3 is 0 Å². The molecule has 2 heterocycles. The van der Waals surface area contributed by atoms with Crippen molar-refractivity contribution in [3.63, 3.8) is 0 Å². The van der Waals surface area contributed by atoms with E-state index in [1.807, 2.05) is 24.3 Å². The Kier molecular flexibility index (Phi) is 5.71. The van der Waals surface area contributed by atoms with Crippen LogP contribution in [0.1, 0.15) is 32.1 Å². The van der Waals surface area contributed by atoms with Crippen molar-refractivity contribution in [1.29, 1.82) is 0 Å². The first kappa shape index (κ1) is 18.7. The van der Waals surface area contributed by atoms with Gasteiger partial charge in [0.15, 0.2) is 5.16 Å². The molecular formula is C21H22N4O2S. The third-order valence-corrected chi connectivity index (χ3v) is 5.89. The molecule has 0 bridgehead atoms. The van der Waals surface area contributed by atoms with Crippen LogP contribution in [0.15, 0.2) is 58.7 Å². The summed E-state index contributed by atoms with van der Waals surface area (Å²) in [6, 6.07) is 11.1. The molecule has 4 rings (SSSR count). The van der Waals surface area contributed by atoms with Crippen LogP contribution in [-0.4, -0.2) is 32.2 Å². The number of amides is 1. The molecule has 1 saturated carbocycles. The maximum absolute atomic E-state index is 13.1. The number of carbonyl (C=O) groups excluding carboxylic acids is 1. The first-order valence-electron chi connectivity index (χ1n) is 9.57. The van der Waals surface area contributed by atoms with Crippen LogP contribution in [0.3, 0.4) is 0 Å². The lowest BCUT2D eigenvalue weighted by Crippen LogP contribution is -2.37. The molecule has 0 saturated heterocycles. The van der Waals surface area contributed by atoms with E-state index in [0.717, 1.165) is 12.8 Å². The number of fused-ring (bicyclic) bond motifs is 1. The monoisotopic (exact) mass is 394 g/mol. The SMILES string of the molecule is O=C(CSc1nc2ccccc2c(=O)n1-c1cccnc1)NC1CCCCC1. The number of hydrogen-bond acceptors (Lipinski definition) is 5. The second-order valence-corrected chi connectivity index (χ2v) is 7.90. The van der Waals surface area contributed by atoms with E-state index in [1.165, 1.54) is 35.6 Å². The third-order valence-electron chi connectivity index (χ3n) is 4.95. The highest BCUT2D eigenvalue weighted by atomic mass is 32.2. The van der Waals surface area contributed by atoms with Crippen molar-refractivity contribution in [2.45, 2.75) is 43.3 Å². The van der Waals surface area contributed by atoms with Crippen LogP contribution in [0, 0.1) is 0 Å². The highest BCUT2D eigenvalue weighted by molar-refractivity contribution is 7.99. The number of pyridine rings is 1. The molecule has 1 aliphatic rings. The first-order chi connectivity index (χ1) is 13.7. The van der Waals surface area contributed by atoms with Gasteiger partial charge in [0.2, 0.25) is 5.91 Å². The van der Waals surface area contributed by atoms with Crippen LogP contribution in [0.5, 0.6) is 0 Å². The number of para-hydroxylation sites is 1. The minimum atomic E-state index is -0.159. The van der Waals surface area contributed by atoms with Crippen LogP contribution in [0.25, 0.3) is 16.6 Å². The summed E-state index contributed by atoms with van der Waals surface area (Å²) < 4.78 is 1.54. The third kappa shape index (κ3) is 4.09. The molecule has 1 N–H and O–H groups in total. The largest absolute Gasteiger partial charge is 0.353 e. The standard InChI is InChI=1S/C21H22N4O2S/c26-19(23-15-7-2-1-3-8-15)14-28-21-24-18-11-5-4-10-17(18)20(27)25(21)16-9-6-12-22-13-16/h4-6,9-13,15H,1-3,7-8,14H2,(H,23,26). The Bertz CT molecular complexity index is 1030. The second-order valence-electron chi connectivity index (χ2n) is 6.95. The van der Waals surface area contributed by atoms with Gasteiger partial charge in [0.1, 0.15) is 0 Å². The van der Waals surface area contributed by atoms with Gasteiger partial charge in [-0.1, -0.05) is 43.2 Å². The van der Waals surface area contributed by atoms with Crippen LogP contribution in [-0.2, 0) is 4.79 Å². The zero-order valence-corrected chi connectivity index (χ0v) is 16.3. The summed E-state index contributed by atoms with van der Waals surface area (Å²) in [5, 5.41) is 4.15. The van der Waals surface area contributed by atoms with E-state index in [-0.39, 0.29) is 23.3 Å². The normalized spacial score (nSPS) is 14.9. The number of rotatable bonds is 5. The van der Waals surface area contributed by atoms with Crippen molar-refractivity contribution < 1.29 is 4.79 Å². The molecule has 1 aromatic carbocycles. The Hall–Kier alpha value is -2.67. The lowest BCUT2D eigenvalue weighted by atomic mass is 9.95. The summed E-state index contributed by atoms with van der Waals surface area (Å²) >= 11 is 1.28. The average molecular weight is 395 g/mol. The Morgan fingerprint density at radius 2 is 1.96 bits per heavy atom. The van der Waals surface area contributed by atoms with Gasteiger partial charge in [0.25, 0.3) is 5.56 Å². The van der Waals surface area contributed by atoms with E-state index in [0.29, 0.717) is 21.7 Å². The topological polar surface area (TPSA) is 76.9 Å². The van der Waals surface area contributed by atoms with Crippen molar-refractivity contribution in [2.24, 2.45) is 0 Å². The number of aromatic nitrogens is 3. The summed E-state index contributed by atoms with van der Waals surface area (Å²) in [7, 11) is 0. The summed E-state index contributed by atoms with van der Waals surface area (Å²) in [4.78, 5) is 34.3. The van der Waals surface area contributed by atoms with Crippen molar-refractivity contribution in [2.75, 3.05) is 5.75 Å². The van der Waals surface area contributed by atoms with E-state index in [2.05, 4.69) is 15.3 Å². The van der Waals surface area contributed by atoms with Gasteiger partial charge in [0, 0.05) is 12.2 Å². The average Bonchev–Trinajstić information content (AvgIpc) is 2.74. The maximum atomic E-state index is 13.1. The quantitative estimate of drug-likeness (QED) is 0.531. The van der Waals surface area contributed by atoms with Crippen LogP contribution in [0.2, 0.25) is 0 Å². The van der Waals surface area contributed by atoms with Gasteiger partial charge in [-0.15, -0.1) is 0 Å². The fraction of sp³-hybridized carbons (Fsp3) is 0.333. The summed E-state index contributed by atoms with van der Waals surface area (Å²) in [6.07, 6.45) is 8.97. The zero-order chi connectivity index (χ0) is 19.3. The molecule has 28 heavy (non-hydrogen) atoms. The predicted molar refractivity (Wildman–Crippen MR) is 111 cm³/mol. The van der Waals surface area contributed by atoms with Crippen LogP contribution >= 0.6 is 11.8 Å². The number of carbonyl (C=O) groups is 1. The van der Waals surface area contributed by atoms with Crippen molar-refractivity contribution in [3.8, 4) is 5.69 Å². The highest BCUT2D eigenvalue weighted by Crippen LogP contribution is 2.22. The molecule has 0 aliphatic heterocycles. The first-order valence-corrected chi connectivity index (χ1v) is 10.6. The molecule has 0 unspecified atom stereocenters. The lowest BCUT2D eigenvalue weighted by Gasteiger charge is -2.22. The molecule has 144 valence electrons. The van der Waals surface area contributed by atoms with Crippen molar-refractivity contribution in [3.05, 3.63) is 59.1 Å². The van der Waals surface area contributed by atoms with Crippen molar-refractivity contribution >= 4 is 28.6 Å². The number of nitrogens with zero attached hydrogens (tertiary/aromatic N) is 3. The van der Waals surface area contributed by atoms with E-state index < -0.39 is 0 Å². The lowest BCUT2D eigenvalue weighted by molar-refractivity contribution is -0.119. The molecule has 3 aromatic rings. The van der Waals surface area contributed by atoms with Crippen LogP contribution < -0.4 is 10.9 Å². The van der Waals surface area contributed by atoms with E-state index >= 15 is 0 Å². The Morgan fingerprint density at radius 3 is 2.75 bits per heavy atom.